The van der Waals surface area contributed by atoms with Crippen LogP contribution in [0.5, 0.6) is 0 Å². The van der Waals surface area contributed by atoms with E-state index in [4.69, 9.17) is 0 Å². The Kier molecular flexibility index (Phi) is 5.10. The van der Waals surface area contributed by atoms with Gasteiger partial charge >= 0.3 is 0 Å². The Labute approximate surface area is 143 Å². The van der Waals surface area contributed by atoms with Gasteiger partial charge in [0, 0.05) is 17.8 Å². The average molecular weight is 365 g/mol. The van der Waals surface area contributed by atoms with Gasteiger partial charge in [-0.2, -0.15) is 0 Å². The Hall–Kier alpha value is -2.11. The van der Waals surface area contributed by atoms with Crippen molar-refractivity contribution in [3.63, 3.8) is 0 Å². The quantitative estimate of drug-likeness (QED) is 0.507. The molecule has 8 nitrogen and oxygen atoms in total. The van der Waals surface area contributed by atoms with Gasteiger partial charge in [-0.3, -0.25) is 10.1 Å². The second-order valence-electron chi connectivity index (χ2n) is 4.00. The molecule has 1 amide bonds. The smallest absolute Gasteiger partial charge is 0.277 e. The van der Waals surface area contributed by atoms with Crippen LogP contribution >= 0.6 is 34.4 Å². The minimum Gasteiger partial charge on any atom is -0.300 e. The van der Waals surface area contributed by atoms with Gasteiger partial charge in [0.2, 0.25) is 11.1 Å². The van der Waals surface area contributed by atoms with Crippen molar-refractivity contribution in [3.8, 4) is 0 Å². The molecule has 3 heterocycles. The van der Waals surface area contributed by atoms with Gasteiger partial charge in [-0.25, -0.2) is 15.0 Å². The maximum atomic E-state index is 12.2. The monoisotopic (exact) mass is 365 g/mol. The summed E-state index contributed by atoms with van der Waals surface area (Å²) in [5.41, 5.74) is 0.299. The maximum Gasteiger partial charge on any atom is 0.277 e. The predicted octanol–water partition coefficient (Wildman–Crippen LogP) is 2.89. The van der Waals surface area contributed by atoms with Crippen molar-refractivity contribution in [1.82, 2.24) is 25.1 Å². The summed E-state index contributed by atoms with van der Waals surface area (Å²) >= 11 is 4.22. The van der Waals surface area contributed by atoms with Crippen molar-refractivity contribution in [1.29, 1.82) is 0 Å². The topological polar surface area (TPSA) is 106 Å². The zero-order valence-electron chi connectivity index (χ0n) is 11.9. The van der Waals surface area contributed by atoms with Gasteiger partial charge in [0.1, 0.15) is 5.69 Å². The molecule has 0 fully saturated rings. The van der Waals surface area contributed by atoms with Crippen molar-refractivity contribution < 1.29 is 4.79 Å². The van der Waals surface area contributed by atoms with Gasteiger partial charge < -0.3 is 5.32 Å². The van der Waals surface area contributed by atoms with E-state index in [1.165, 1.54) is 22.7 Å². The van der Waals surface area contributed by atoms with E-state index in [0.717, 1.165) is 10.1 Å². The first-order valence-corrected chi connectivity index (χ1v) is 9.20. The van der Waals surface area contributed by atoms with Crippen LogP contribution in [0.1, 0.15) is 17.4 Å². The van der Waals surface area contributed by atoms with Crippen LogP contribution in [-0.2, 0) is 0 Å². The molecular weight excluding hydrogens is 354 g/mol. The Morgan fingerprint density at radius 1 is 1.26 bits per heavy atom. The number of rotatable bonds is 6. The third kappa shape index (κ3) is 4.21. The Balaban J connectivity index is 1.63. The van der Waals surface area contributed by atoms with Crippen molar-refractivity contribution in [3.05, 3.63) is 29.5 Å². The molecule has 0 radical (unpaired) electrons. The third-order valence-corrected chi connectivity index (χ3v) is 5.03. The zero-order valence-corrected chi connectivity index (χ0v) is 14.3. The van der Waals surface area contributed by atoms with Crippen molar-refractivity contribution >= 4 is 56.6 Å². The number of nitrogens with zero attached hydrogens (tertiary/aromatic N) is 5. The Bertz CT molecular complexity index is 789. The molecule has 0 unspecified atom stereocenters. The molecular formula is C12H11N7OS3. The molecule has 0 spiro atoms. The van der Waals surface area contributed by atoms with Gasteiger partial charge in [0.15, 0.2) is 9.47 Å². The number of anilines is 3. The lowest BCUT2D eigenvalue weighted by Gasteiger charge is -1.98. The van der Waals surface area contributed by atoms with Gasteiger partial charge in [0.05, 0.1) is 0 Å². The number of amides is 1. The lowest BCUT2D eigenvalue weighted by molar-refractivity contribution is 0.102. The van der Waals surface area contributed by atoms with Crippen molar-refractivity contribution in [2.45, 2.75) is 11.3 Å². The second kappa shape index (κ2) is 7.44. The standard InChI is InChI=1S/C12H11N7OS3/c1-2-21-12-19-18-11(23-12)16-8(20)7-6-22-10(15-7)17-9-13-4-3-5-14-9/h3-6H,2H2,1H3,(H,16,18,20)(H,13,14,15,17). The fourth-order valence-electron chi connectivity index (χ4n) is 1.50. The molecule has 0 aromatic carbocycles. The molecule has 0 aliphatic heterocycles. The lowest BCUT2D eigenvalue weighted by Crippen LogP contribution is -2.12. The fraction of sp³-hybridized carbons (Fsp3) is 0.167. The van der Waals surface area contributed by atoms with Crippen molar-refractivity contribution in [2.24, 2.45) is 0 Å². The Morgan fingerprint density at radius 2 is 2.09 bits per heavy atom. The molecule has 3 aromatic rings. The highest BCUT2D eigenvalue weighted by atomic mass is 32.2. The van der Waals surface area contributed by atoms with E-state index in [2.05, 4.69) is 35.8 Å². The highest BCUT2D eigenvalue weighted by Gasteiger charge is 2.14. The number of carbonyl (C=O) groups is 1. The summed E-state index contributed by atoms with van der Waals surface area (Å²) in [6, 6.07) is 1.72. The van der Waals surface area contributed by atoms with E-state index in [-0.39, 0.29) is 5.91 Å². The van der Waals surface area contributed by atoms with E-state index in [1.807, 2.05) is 6.92 Å². The molecule has 0 atom stereocenters. The number of carbonyl (C=O) groups excluding carboxylic acids is 1. The minimum absolute atomic E-state index is 0.299. The summed E-state index contributed by atoms with van der Waals surface area (Å²) in [6.45, 7) is 2.03. The van der Waals surface area contributed by atoms with Crippen LogP contribution < -0.4 is 10.6 Å². The molecule has 3 rings (SSSR count). The first-order chi connectivity index (χ1) is 11.2. The summed E-state index contributed by atoms with van der Waals surface area (Å²) in [5.74, 6) is 1.01. The molecule has 0 saturated carbocycles. The average Bonchev–Trinajstić information content (AvgIpc) is 3.18. The molecule has 3 aromatic heterocycles. The van der Waals surface area contributed by atoms with E-state index in [1.54, 1.807) is 35.6 Å². The summed E-state index contributed by atoms with van der Waals surface area (Å²) in [7, 11) is 0. The summed E-state index contributed by atoms with van der Waals surface area (Å²) < 4.78 is 0.824. The Morgan fingerprint density at radius 3 is 2.87 bits per heavy atom. The first kappa shape index (κ1) is 15.8. The first-order valence-electron chi connectivity index (χ1n) is 6.52. The van der Waals surface area contributed by atoms with Crippen LogP contribution in [0.25, 0.3) is 0 Å². The largest absolute Gasteiger partial charge is 0.300 e. The normalized spacial score (nSPS) is 10.5. The minimum atomic E-state index is -0.326. The summed E-state index contributed by atoms with van der Waals surface area (Å²) in [6.07, 6.45) is 3.25. The molecule has 23 heavy (non-hydrogen) atoms. The summed E-state index contributed by atoms with van der Waals surface area (Å²) in [4.78, 5) is 24.4. The van der Waals surface area contributed by atoms with E-state index < -0.39 is 0 Å². The fourth-order valence-corrected chi connectivity index (χ4v) is 3.83. The van der Waals surface area contributed by atoms with Crippen LogP contribution in [0, 0.1) is 0 Å². The number of hydrogen-bond donors (Lipinski definition) is 2. The molecule has 0 saturated heterocycles. The number of hydrogen-bond acceptors (Lipinski definition) is 10. The summed E-state index contributed by atoms with van der Waals surface area (Å²) in [5, 5.41) is 16.2. The van der Waals surface area contributed by atoms with E-state index >= 15 is 0 Å². The van der Waals surface area contributed by atoms with Crippen LogP contribution in [-0.4, -0.2) is 36.8 Å². The third-order valence-electron chi connectivity index (χ3n) is 2.42. The number of aromatic nitrogens is 5. The van der Waals surface area contributed by atoms with Gasteiger partial charge in [-0.1, -0.05) is 30.0 Å². The highest BCUT2D eigenvalue weighted by molar-refractivity contribution is 8.01. The van der Waals surface area contributed by atoms with Gasteiger partial charge in [0.25, 0.3) is 5.91 Å². The maximum absolute atomic E-state index is 12.2. The number of thiazole rings is 1. The predicted molar refractivity (Wildman–Crippen MR) is 91.7 cm³/mol. The molecule has 118 valence electrons. The van der Waals surface area contributed by atoms with Crippen LogP contribution in [0.15, 0.2) is 28.2 Å². The molecule has 0 aliphatic carbocycles. The number of nitrogens with one attached hydrogen (secondary N) is 2. The molecule has 0 aliphatic rings. The molecule has 2 N–H and O–H groups in total. The SMILES string of the molecule is CCSc1nnc(NC(=O)c2csc(Nc3ncccn3)n2)s1. The highest BCUT2D eigenvalue weighted by Crippen LogP contribution is 2.26. The molecule has 11 heteroatoms. The van der Waals surface area contributed by atoms with Gasteiger partial charge in [-0.15, -0.1) is 21.5 Å². The van der Waals surface area contributed by atoms with Gasteiger partial charge in [-0.05, 0) is 11.8 Å². The van der Waals surface area contributed by atoms with Crippen LogP contribution in [0.3, 0.4) is 0 Å². The van der Waals surface area contributed by atoms with Crippen LogP contribution in [0.2, 0.25) is 0 Å². The van der Waals surface area contributed by atoms with E-state index in [9.17, 15) is 4.79 Å². The number of thioether (sulfide) groups is 1. The molecule has 0 bridgehead atoms. The zero-order chi connectivity index (χ0) is 16.1. The van der Waals surface area contributed by atoms with Crippen LogP contribution in [0.4, 0.5) is 16.2 Å². The lowest BCUT2D eigenvalue weighted by atomic mass is 10.5. The van der Waals surface area contributed by atoms with Crippen molar-refractivity contribution in [2.75, 3.05) is 16.4 Å². The second-order valence-corrected chi connectivity index (χ2v) is 7.34. The van der Waals surface area contributed by atoms with E-state index in [0.29, 0.717) is 21.9 Å².